The van der Waals surface area contributed by atoms with Gasteiger partial charge in [-0.1, -0.05) is 32.4 Å². The summed E-state index contributed by atoms with van der Waals surface area (Å²) in [6.45, 7) is 4.15. The summed E-state index contributed by atoms with van der Waals surface area (Å²) in [5.41, 5.74) is 0.878. The Bertz CT molecular complexity index is 266. The van der Waals surface area contributed by atoms with E-state index in [4.69, 9.17) is 5.11 Å². The third kappa shape index (κ3) is 2.74. The number of benzene rings is 1. The number of rotatable bonds is 4. The number of aromatic hydroxyl groups is 1. The lowest BCUT2D eigenvalue weighted by Crippen LogP contribution is -2.08. The van der Waals surface area contributed by atoms with E-state index in [9.17, 15) is 5.11 Å². The molecule has 0 radical (unpaired) electrons. The first kappa shape index (κ1) is 11.1. The highest BCUT2D eigenvalue weighted by atomic mass is 16.3. The molecule has 0 aliphatic rings. The van der Waals surface area contributed by atoms with Gasteiger partial charge in [0.1, 0.15) is 5.75 Å². The Morgan fingerprint density at radius 3 is 2.29 bits per heavy atom. The van der Waals surface area contributed by atoms with Gasteiger partial charge >= 0.3 is 0 Å². The van der Waals surface area contributed by atoms with E-state index in [-0.39, 0.29) is 11.7 Å². The van der Waals surface area contributed by atoms with E-state index in [1.165, 1.54) is 0 Å². The highest BCUT2D eigenvalue weighted by molar-refractivity contribution is 5.27. The maximum absolute atomic E-state index is 9.93. The van der Waals surface area contributed by atoms with Gasteiger partial charge in [0.05, 0.1) is 6.10 Å². The molecule has 0 bridgehead atoms. The summed E-state index contributed by atoms with van der Waals surface area (Å²) < 4.78 is 0. The normalized spacial score (nSPS) is 15.1. The third-order valence-electron chi connectivity index (χ3n) is 2.52. The van der Waals surface area contributed by atoms with E-state index in [2.05, 4.69) is 6.92 Å². The highest BCUT2D eigenvalue weighted by Gasteiger charge is 2.14. The highest BCUT2D eigenvalue weighted by Crippen LogP contribution is 2.26. The van der Waals surface area contributed by atoms with Crippen LogP contribution in [0.4, 0.5) is 0 Å². The third-order valence-corrected chi connectivity index (χ3v) is 2.52. The van der Waals surface area contributed by atoms with E-state index in [1.54, 1.807) is 24.3 Å². The summed E-state index contributed by atoms with van der Waals surface area (Å²) in [6, 6.07) is 6.76. The van der Waals surface area contributed by atoms with Crippen molar-refractivity contribution in [2.24, 2.45) is 5.92 Å². The minimum Gasteiger partial charge on any atom is -0.508 e. The SMILES string of the molecule is CCC[C@H](C)[C@@H](O)c1ccc(O)cc1. The summed E-state index contributed by atoms with van der Waals surface area (Å²) in [7, 11) is 0. The molecule has 0 spiro atoms. The van der Waals surface area contributed by atoms with Gasteiger partial charge < -0.3 is 10.2 Å². The number of hydrogen-bond donors (Lipinski definition) is 2. The average Bonchev–Trinajstić information content (AvgIpc) is 2.18. The van der Waals surface area contributed by atoms with Gasteiger partial charge in [-0.3, -0.25) is 0 Å². The van der Waals surface area contributed by atoms with Crippen molar-refractivity contribution in [2.45, 2.75) is 32.8 Å². The summed E-state index contributed by atoms with van der Waals surface area (Å²) in [6.07, 6.45) is 1.67. The van der Waals surface area contributed by atoms with Crippen molar-refractivity contribution in [3.8, 4) is 5.75 Å². The molecule has 0 saturated carbocycles. The molecular weight excluding hydrogens is 176 g/mol. The molecule has 2 nitrogen and oxygen atoms in total. The van der Waals surface area contributed by atoms with Gasteiger partial charge in [0.2, 0.25) is 0 Å². The molecule has 0 unspecified atom stereocenters. The second-order valence-corrected chi connectivity index (χ2v) is 3.80. The van der Waals surface area contributed by atoms with Crippen LogP contribution in [0.1, 0.15) is 38.4 Å². The Balaban J connectivity index is 2.68. The van der Waals surface area contributed by atoms with Gasteiger partial charge in [-0.25, -0.2) is 0 Å². The van der Waals surface area contributed by atoms with Crippen molar-refractivity contribution in [1.82, 2.24) is 0 Å². The summed E-state index contributed by atoms with van der Waals surface area (Å²) in [5, 5.41) is 19.0. The Morgan fingerprint density at radius 1 is 1.21 bits per heavy atom. The molecular formula is C12H18O2. The first-order chi connectivity index (χ1) is 6.65. The van der Waals surface area contributed by atoms with Crippen LogP contribution in [0.3, 0.4) is 0 Å². The standard InChI is InChI=1S/C12H18O2/c1-3-4-9(2)12(14)10-5-7-11(13)8-6-10/h5-9,12-14H,3-4H2,1-2H3/t9-,12+/m0/s1. The first-order valence-electron chi connectivity index (χ1n) is 5.12. The Kier molecular flexibility index (Phi) is 3.96. The number of aliphatic hydroxyl groups excluding tert-OH is 1. The van der Waals surface area contributed by atoms with Crippen LogP contribution in [0.2, 0.25) is 0 Å². The smallest absolute Gasteiger partial charge is 0.115 e. The van der Waals surface area contributed by atoms with Crippen molar-refractivity contribution < 1.29 is 10.2 Å². The van der Waals surface area contributed by atoms with Crippen LogP contribution in [0.15, 0.2) is 24.3 Å². The molecule has 2 heteroatoms. The number of aliphatic hydroxyl groups is 1. The second kappa shape index (κ2) is 5.01. The molecule has 0 aliphatic carbocycles. The zero-order chi connectivity index (χ0) is 10.6. The molecule has 2 N–H and O–H groups in total. The van der Waals surface area contributed by atoms with Gasteiger partial charge in [-0.15, -0.1) is 0 Å². The molecule has 0 aliphatic heterocycles. The predicted octanol–water partition coefficient (Wildman–Crippen LogP) is 2.86. The number of phenolic OH excluding ortho intramolecular Hbond substituents is 1. The van der Waals surface area contributed by atoms with Crippen molar-refractivity contribution in [2.75, 3.05) is 0 Å². The van der Waals surface area contributed by atoms with Crippen LogP contribution < -0.4 is 0 Å². The molecule has 0 saturated heterocycles. The topological polar surface area (TPSA) is 40.5 Å². The lowest BCUT2D eigenvalue weighted by molar-refractivity contribution is 0.112. The lowest BCUT2D eigenvalue weighted by atomic mass is 9.94. The van der Waals surface area contributed by atoms with Crippen molar-refractivity contribution in [3.05, 3.63) is 29.8 Å². The lowest BCUT2D eigenvalue weighted by Gasteiger charge is -2.18. The number of phenols is 1. The van der Waals surface area contributed by atoms with Crippen LogP contribution >= 0.6 is 0 Å². The summed E-state index contributed by atoms with van der Waals surface area (Å²) in [5.74, 6) is 0.508. The molecule has 2 atom stereocenters. The fourth-order valence-electron chi connectivity index (χ4n) is 1.61. The van der Waals surface area contributed by atoms with E-state index < -0.39 is 6.10 Å². The molecule has 1 aromatic carbocycles. The Hall–Kier alpha value is -1.02. The monoisotopic (exact) mass is 194 g/mol. The van der Waals surface area contributed by atoms with Crippen LogP contribution in [-0.2, 0) is 0 Å². The van der Waals surface area contributed by atoms with E-state index in [1.807, 2.05) is 6.92 Å². The first-order valence-corrected chi connectivity index (χ1v) is 5.12. The van der Waals surface area contributed by atoms with Gasteiger partial charge in [-0.2, -0.15) is 0 Å². The largest absolute Gasteiger partial charge is 0.508 e. The summed E-state index contributed by atoms with van der Waals surface area (Å²) >= 11 is 0. The molecule has 1 aromatic rings. The summed E-state index contributed by atoms with van der Waals surface area (Å²) in [4.78, 5) is 0. The molecule has 0 aromatic heterocycles. The predicted molar refractivity (Wildman–Crippen MR) is 57.1 cm³/mol. The van der Waals surface area contributed by atoms with Gasteiger partial charge in [0.25, 0.3) is 0 Å². The van der Waals surface area contributed by atoms with E-state index in [0.29, 0.717) is 0 Å². The van der Waals surface area contributed by atoms with Gasteiger partial charge in [0.15, 0.2) is 0 Å². The van der Waals surface area contributed by atoms with Crippen LogP contribution in [0, 0.1) is 5.92 Å². The van der Waals surface area contributed by atoms with Crippen LogP contribution in [0.5, 0.6) is 5.75 Å². The Labute approximate surface area is 85.2 Å². The zero-order valence-electron chi connectivity index (χ0n) is 8.77. The molecule has 1 rings (SSSR count). The average molecular weight is 194 g/mol. The molecule has 0 amide bonds. The zero-order valence-corrected chi connectivity index (χ0v) is 8.77. The van der Waals surface area contributed by atoms with Crippen LogP contribution in [0.25, 0.3) is 0 Å². The van der Waals surface area contributed by atoms with E-state index in [0.717, 1.165) is 18.4 Å². The van der Waals surface area contributed by atoms with Crippen molar-refractivity contribution in [3.63, 3.8) is 0 Å². The van der Waals surface area contributed by atoms with Crippen molar-refractivity contribution in [1.29, 1.82) is 0 Å². The van der Waals surface area contributed by atoms with Gasteiger partial charge in [-0.05, 0) is 30.0 Å². The maximum Gasteiger partial charge on any atom is 0.115 e. The van der Waals surface area contributed by atoms with E-state index >= 15 is 0 Å². The molecule has 0 fully saturated rings. The minimum atomic E-state index is -0.421. The minimum absolute atomic E-state index is 0.240. The molecule has 14 heavy (non-hydrogen) atoms. The van der Waals surface area contributed by atoms with Gasteiger partial charge in [0, 0.05) is 0 Å². The second-order valence-electron chi connectivity index (χ2n) is 3.80. The van der Waals surface area contributed by atoms with Crippen molar-refractivity contribution >= 4 is 0 Å². The molecule has 78 valence electrons. The fourth-order valence-corrected chi connectivity index (χ4v) is 1.61. The maximum atomic E-state index is 9.93. The quantitative estimate of drug-likeness (QED) is 0.773. The number of hydrogen-bond acceptors (Lipinski definition) is 2. The molecule has 0 heterocycles. The Morgan fingerprint density at radius 2 is 1.79 bits per heavy atom. The fraction of sp³-hybridized carbons (Fsp3) is 0.500. The van der Waals surface area contributed by atoms with Crippen LogP contribution in [-0.4, -0.2) is 10.2 Å².